The average Bonchev–Trinajstić information content (AvgIpc) is 3.03. The Labute approximate surface area is 254 Å². The van der Waals surface area contributed by atoms with E-state index in [1.165, 1.54) is 5.56 Å². The van der Waals surface area contributed by atoms with Crippen LogP contribution in [0.25, 0.3) is 0 Å². The number of amides is 3. The maximum atomic E-state index is 13.6. The zero-order valence-corrected chi connectivity index (χ0v) is 25.0. The Bertz CT molecular complexity index is 1340. The minimum Gasteiger partial charge on any atom is -0.492 e. The van der Waals surface area contributed by atoms with Crippen molar-refractivity contribution in [2.75, 3.05) is 74.6 Å². The van der Waals surface area contributed by atoms with Crippen LogP contribution in [-0.2, 0) is 11.2 Å². The zero-order valence-electron chi connectivity index (χ0n) is 25.0. The molecule has 9 nitrogen and oxygen atoms in total. The van der Waals surface area contributed by atoms with Crippen molar-refractivity contribution in [3.05, 3.63) is 83.9 Å². The Hall–Kier alpha value is -4.08. The largest absolute Gasteiger partial charge is 0.492 e. The Morgan fingerprint density at radius 3 is 2.42 bits per heavy atom. The van der Waals surface area contributed by atoms with Gasteiger partial charge in [-0.15, -0.1) is 0 Å². The van der Waals surface area contributed by atoms with Crippen molar-refractivity contribution in [1.82, 2.24) is 10.2 Å². The first-order valence-electron chi connectivity index (χ1n) is 15.4. The number of rotatable bonds is 11. The molecule has 0 unspecified atom stereocenters. The monoisotopic (exact) mass is 585 g/mol. The molecule has 2 fully saturated rings. The minimum absolute atomic E-state index is 0.139. The molecule has 0 radical (unpaired) electrons. The van der Waals surface area contributed by atoms with E-state index in [4.69, 9.17) is 9.47 Å². The van der Waals surface area contributed by atoms with Gasteiger partial charge in [-0.05, 0) is 68.0 Å². The molecule has 2 aliphatic heterocycles. The van der Waals surface area contributed by atoms with E-state index < -0.39 is 6.03 Å². The van der Waals surface area contributed by atoms with E-state index >= 15 is 0 Å². The molecule has 3 aromatic carbocycles. The molecule has 9 heteroatoms. The van der Waals surface area contributed by atoms with Gasteiger partial charge in [-0.3, -0.25) is 9.69 Å². The summed E-state index contributed by atoms with van der Waals surface area (Å²) in [6.07, 6.45) is 3.21. The maximum absolute atomic E-state index is 13.6. The molecule has 2 heterocycles. The van der Waals surface area contributed by atoms with Gasteiger partial charge in [-0.1, -0.05) is 42.5 Å². The van der Waals surface area contributed by atoms with Crippen LogP contribution >= 0.6 is 0 Å². The average molecular weight is 586 g/mol. The lowest BCUT2D eigenvalue weighted by Gasteiger charge is -2.35. The van der Waals surface area contributed by atoms with Crippen molar-refractivity contribution in [1.29, 1.82) is 0 Å². The van der Waals surface area contributed by atoms with Crippen LogP contribution in [0.3, 0.4) is 0 Å². The summed E-state index contributed by atoms with van der Waals surface area (Å²) in [4.78, 5) is 31.1. The van der Waals surface area contributed by atoms with Gasteiger partial charge in [0.1, 0.15) is 5.75 Å². The highest BCUT2D eigenvalue weighted by Crippen LogP contribution is 2.30. The first kappa shape index (κ1) is 30.4. The highest BCUT2D eigenvalue weighted by Gasteiger charge is 2.24. The van der Waals surface area contributed by atoms with Crippen LogP contribution in [0, 0.1) is 5.92 Å². The van der Waals surface area contributed by atoms with Crippen molar-refractivity contribution >= 4 is 29.0 Å². The number of benzene rings is 3. The van der Waals surface area contributed by atoms with Gasteiger partial charge in [0.25, 0.3) is 5.91 Å². The van der Waals surface area contributed by atoms with Crippen molar-refractivity contribution in [2.24, 2.45) is 5.92 Å². The van der Waals surface area contributed by atoms with Crippen molar-refractivity contribution < 1.29 is 19.1 Å². The molecule has 3 N–H and O–H groups in total. The van der Waals surface area contributed by atoms with Crippen LogP contribution in [0.15, 0.2) is 72.8 Å². The molecular weight excluding hydrogens is 542 g/mol. The van der Waals surface area contributed by atoms with E-state index in [0.717, 1.165) is 70.9 Å². The molecule has 3 aromatic rings. The lowest BCUT2D eigenvalue weighted by Crippen LogP contribution is -2.41. The summed E-state index contributed by atoms with van der Waals surface area (Å²) in [6.45, 7) is 8.68. The molecule has 3 amide bonds. The topological polar surface area (TPSA) is 95.2 Å². The van der Waals surface area contributed by atoms with Crippen molar-refractivity contribution in [3.8, 4) is 5.75 Å². The predicted molar refractivity (Wildman–Crippen MR) is 171 cm³/mol. The molecule has 0 bridgehead atoms. The molecule has 0 spiro atoms. The Morgan fingerprint density at radius 1 is 0.907 bits per heavy atom. The quantitative estimate of drug-likeness (QED) is 0.285. The van der Waals surface area contributed by atoms with Gasteiger partial charge in [0.2, 0.25) is 0 Å². The Kier molecular flexibility index (Phi) is 10.9. The van der Waals surface area contributed by atoms with E-state index in [1.807, 2.05) is 37.3 Å². The summed E-state index contributed by atoms with van der Waals surface area (Å²) in [5, 5.41) is 8.88. The summed E-state index contributed by atoms with van der Waals surface area (Å²) in [5.41, 5.74) is 3.97. The van der Waals surface area contributed by atoms with Crippen LogP contribution in [0.4, 0.5) is 21.9 Å². The second-order valence-electron chi connectivity index (χ2n) is 11.1. The summed E-state index contributed by atoms with van der Waals surface area (Å²) >= 11 is 0. The molecule has 0 aliphatic carbocycles. The number of carbonyl (C=O) groups is 2. The number of hydrogen-bond donors (Lipinski definition) is 3. The fourth-order valence-corrected chi connectivity index (χ4v) is 5.78. The van der Waals surface area contributed by atoms with Crippen LogP contribution in [0.1, 0.15) is 35.7 Å². The number of ether oxygens (including phenoxy) is 2. The van der Waals surface area contributed by atoms with Gasteiger partial charge in [0.15, 0.2) is 0 Å². The van der Waals surface area contributed by atoms with Gasteiger partial charge >= 0.3 is 6.03 Å². The zero-order chi connectivity index (χ0) is 29.9. The van der Waals surface area contributed by atoms with E-state index in [1.54, 1.807) is 12.1 Å². The fourth-order valence-electron chi connectivity index (χ4n) is 5.78. The number of para-hydroxylation sites is 2. The first-order valence-corrected chi connectivity index (χ1v) is 15.4. The number of nitrogens with one attached hydrogen (secondary N) is 3. The fraction of sp³-hybridized carbons (Fsp3) is 0.412. The second-order valence-corrected chi connectivity index (χ2v) is 11.1. The standard InChI is InChI=1S/C34H43N5O4/c1-2-43-32-11-7-6-10-30(32)37-34(41)36-28-12-13-31(29(25-28)33(40)35-16-19-38-20-22-42-23-21-38)39-17-14-27(15-18-39)24-26-8-4-3-5-9-26/h3-13,25,27H,2,14-24H2,1H3,(H,35,40)(H2,36,37,41). The van der Waals surface area contributed by atoms with Gasteiger partial charge in [0, 0.05) is 50.6 Å². The van der Waals surface area contributed by atoms with E-state index in [2.05, 4.69) is 56.1 Å². The molecule has 0 aromatic heterocycles. The SMILES string of the molecule is CCOc1ccccc1NC(=O)Nc1ccc(N2CCC(Cc3ccccc3)CC2)c(C(=O)NCCN2CCOCC2)c1. The van der Waals surface area contributed by atoms with E-state index in [0.29, 0.717) is 41.8 Å². The lowest BCUT2D eigenvalue weighted by molar-refractivity contribution is 0.0383. The van der Waals surface area contributed by atoms with Gasteiger partial charge in [-0.2, -0.15) is 0 Å². The number of nitrogens with zero attached hydrogens (tertiary/aromatic N) is 2. The molecule has 0 saturated carbocycles. The van der Waals surface area contributed by atoms with Gasteiger partial charge < -0.3 is 30.3 Å². The second kappa shape index (κ2) is 15.4. The van der Waals surface area contributed by atoms with Crippen LogP contribution in [0.2, 0.25) is 0 Å². The third kappa shape index (κ3) is 8.72. The molecule has 5 rings (SSSR count). The molecule has 2 saturated heterocycles. The summed E-state index contributed by atoms with van der Waals surface area (Å²) in [6, 6.07) is 23.2. The third-order valence-electron chi connectivity index (χ3n) is 8.07. The smallest absolute Gasteiger partial charge is 0.323 e. The Balaban J connectivity index is 1.27. The van der Waals surface area contributed by atoms with Gasteiger partial charge in [0.05, 0.1) is 31.1 Å². The van der Waals surface area contributed by atoms with Crippen LogP contribution in [0.5, 0.6) is 5.75 Å². The number of urea groups is 1. The summed E-state index contributed by atoms with van der Waals surface area (Å²) in [7, 11) is 0. The van der Waals surface area contributed by atoms with E-state index in [9.17, 15) is 9.59 Å². The number of carbonyl (C=O) groups excluding carboxylic acids is 2. The molecule has 2 aliphatic rings. The first-order chi connectivity index (χ1) is 21.1. The highest BCUT2D eigenvalue weighted by molar-refractivity contribution is 6.04. The summed E-state index contributed by atoms with van der Waals surface area (Å²) < 4.78 is 11.1. The molecule has 43 heavy (non-hydrogen) atoms. The molecule has 0 atom stereocenters. The number of morpholine rings is 1. The number of hydrogen-bond acceptors (Lipinski definition) is 6. The van der Waals surface area contributed by atoms with Crippen molar-refractivity contribution in [2.45, 2.75) is 26.2 Å². The highest BCUT2D eigenvalue weighted by atomic mass is 16.5. The number of piperidine rings is 1. The van der Waals surface area contributed by atoms with Crippen molar-refractivity contribution in [3.63, 3.8) is 0 Å². The lowest BCUT2D eigenvalue weighted by atomic mass is 9.89. The normalized spacial score (nSPS) is 16.0. The number of anilines is 3. The van der Waals surface area contributed by atoms with Crippen LogP contribution in [-0.4, -0.2) is 75.9 Å². The third-order valence-corrected chi connectivity index (χ3v) is 8.07. The maximum Gasteiger partial charge on any atom is 0.323 e. The molecular formula is C34H43N5O4. The van der Waals surface area contributed by atoms with Crippen LogP contribution < -0.4 is 25.6 Å². The minimum atomic E-state index is -0.402. The van der Waals surface area contributed by atoms with Gasteiger partial charge in [-0.25, -0.2) is 4.79 Å². The van der Waals surface area contributed by atoms with E-state index in [-0.39, 0.29) is 5.91 Å². The predicted octanol–water partition coefficient (Wildman–Crippen LogP) is 5.25. The Morgan fingerprint density at radius 2 is 1.65 bits per heavy atom. The summed E-state index contributed by atoms with van der Waals surface area (Å²) in [5.74, 6) is 1.08. The molecule has 228 valence electrons.